The van der Waals surface area contributed by atoms with Crippen LogP contribution in [-0.4, -0.2) is 31.8 Å². The molecule has 23 heavy (non-hydrogen) atoms. The first kappa shape index (κ1) is 16.2. The Kier molecular flexibility index (Phi) is 4.56. The van der Waals surface area contributed by atoms with Crippen molar-refractivity contribution < 1.29 is 17.6 Å². The van der Waals surface area contributed by atoms with Crippen molar-refractivity contribution in [3.63, 3.8) is 0 Å². The lowest BCUT2D eigenvalue weighted by Crippen LogP contribution is -2.40. The molecule has 1 amide bonds. The average molecular weight is 354 g/mol. The minimum atomic E-state index is -3.62. The SMILES string of the molecule is Cc1ccc(CN(C(=O)CNS(=O)(=O)c2cccs2)C2CC2)o1. The molecular formula is C15H18N2O4S2. The molecular weight excluding hydrogens is 336 g/mol. The van der Waals surface area contributed by atoms with E-state index in [0.717, 1.165) is 29.9 Å². The highest BCUT2D eigenvalue weighted by Crippen LogP contribution is 2.28. The third kappa shape index (κ3) is 4.01. The van der Waals surface area contributed by atoms with Crippen molar-refractivity contribution in [1.29, 1.82) is 0 Å². The number of nitrogens with zero attached hydrogens (tertiary/aromatic N) is 1. The molecule has 1 aliphatic rings. The fraction of sp³-hybridized carbons (Fsp3) is 0.400. The molecule has 2 heterocycles. The molecule has 8 heteroatoms. The van der Waals surface area contributed by atoms with Crippen molar-refractivity contribution in [2.75, 3.05) is 6.54 Å². The Morgan fingerprint density at radius 3 is 2.74 bits per heavy atom. The van der Waals surface area contributed by atoms with E-state index >= 15 is 0 Å². The van der Waals surface area contributed by atoms with E-state index in [2.05, 4.69) is 4.72 Å². The number of aryl methyl sites for hydroxylation is 1. The summed E-state index contributed by atoms with van der Waals surface area (Å²) in [5.74, 6) is 1.27. The first-order chi connectivity index (χ1) is 11.0. The normalized spacial score (nSPS) is 14.8. The van der Waals surface area contributed by atoms with Crippen LogP contribution in [-0.2, 0) is 21.4 Å². The number of carbonyl (C=O) groups excluding carboxylic acids is 1. The molecule has 0 spiro atoms. The molecule has 1 saturated carbocycles. The largest absolute Gasteiger partial charge is 0.464 e. The Bertz CT molecular complexity index is 776. The van der Waals surface area contributed by atoms with Crippen LogP contribution in [0.3, 0.4) is 0 Å². The van der Waals surface area contributed by atoms with Crippen LogP contribution in [0.25, 0.3) is 0 Å². The van der Waals surface area contributed by atoms with Crippen molar-refractivity contribution in [1.82, 2.24) is 9.62 Å². The van der Waals surface area contributed by atoms with Gasteiger partial charge < -0.3 is 9.32 Å². The second kappa shape index (κ2) is 6.46. The number of carbonyl (C=O) groups is 1. The quantitative estimate of drug-likeness (QED) is 0.826. The standard InChI is InChI=1S/C15H18N2O4S2/c1-11-4-7-13(21-11)10-17(12-5-6-12)14(18)9-16-23(19,20)15-3-2-8-22-15/h2-4,7-8,12,16H,5-6,9-10H2,1H3. The van der Waals surface area contributed by atoms with E-state index in [-0.39, 0.29) is 22.7 Å². The van der Waals surface area contributed by atoms with E-state index in [1.165, 1.54) is 6.07 Å². The summed E-state index contributed by atoms with van der Waals surface area (Å²) in [5, 5.41) is 1.69. The van der Waals surface area contributed by atoms with Crippen LogP contribution >= 0.6 is 11.3 Å². The molecule has 0 saturated heterocycles. The van der Waals surface area contributed by atoms with Crippen molar-refractivity contribution in [3.05, 3.63) is 41.2 Å². The molecule has 1 fully saturated rings. The molecule has 0 aromatic carbocycles. The summed E-state index contributed by atoms with van der Waals surface area (Å²) in [5.41, 5.74) is 0. The molecule has 2 aromatic heterocycles. The second-order valence-corrected chi connectivity index (χ2v) is 8.46. The van der Waals surface area contributed by atoms with Gasteiger partial charge in [0, 0.05) is 6.04 Å². The van der Waals surface area contributed by atoms with Crippen LogP contribution in [0, 0.1) is 6.92 Å². The van der Waals surface area contributed by atoms with Gasteiger partial charge in [-0.2, -0.15) is 0 Å². The van der Waals surface area contributed by atoms with Gasteiger partial charge in [0.2, 0.25) is 5.91 Å². The third-order valence-electron chi connectivity index (χ3n) is 3.60. The van der Waals surface area contributed by atoms with Crippen LogP contribution in [0.2, 0.25) is 0 Å². The zero-order chi connectivity index (χ0) is 16.4. The van der Waals surface area contributed by atoms with Gasteiger partial charge in [-0.05, 0) is 43.3 Å². The van der Waals surface area contributed by atoms with E-state index in [1.807, 2.05) is 19.1 Å². The molecule has 0 aliphatic heterocycles. The molecule has 1 N–H and O–H groups in total. The highest BCUT2D eigenvalue weighted by atomic mass is 32.2. The first-order valence-electron chi connectivity index (χ1n) is 7.33. The summed E-state index contributed by atoms with van der Waals surface area (Å²) < 4.78 is 32.3. The number of rotatable bonds is 7. The molecule has 0 radical (unpaired) electrons. The van der Waals surface area contributed by atoms with E-state index in [0.29, 0.717) is 12.3 Å². The van der Waals surface area contributed by atoms with Crippen molar-refractivity contribution in [3.8, 4) is 0 Å². The number of hydrogen-bond donors (Lipinski definition) is 1. The van der Waals surface area contributed by atoms with Gasteiger partial charge in [0.25, 0.3) is 10.0 Å². The van der Waals surface area contributed by atoms with E-state index < -0.39 is 10.0 Å². The summed E-state index contributed by atoms with van der Waals surface area (Å²) in [6, 6.07) is 7.05. The maximum Gasteiger partial charge on any atom is 0.250 e. The molecule has 124 valence electrons. The smallest absolute Gasteiger partial charge is 0.250 e. The van der Waals surface area contributed by atoms with Gasteiger partial charge in [0.1, 0.15) is 15.7 Å². The lowest BCUT2D eigenvalue weighted by Gasteiger charge is -2.21. The van der Waals surface area contributed by atoms with E-state index in [4.69, 9.17) is 4.42 Å². The Morgan fingerprint density at radius 1 is 1.39 bits per heavy atom. The molecule has 0 bridgehead atoms. The number of amides is 1. The molecule has 0 atom stereocenters. The third-order valence-corrected chi connectivity index (χ3v) is 6.40. The number of nitrogens with one attached hydrogen (secondary N) is 1. The maximum atomic E-state index is 12.4. The van der Waals surface area contributed by atoms with E-state index in [1.54, 1.807) is 16.3 Å². The minimum Gasteiger partial charge on any atom is -0.464 e. The number of hydrogen-bond acceptors (Lipinski definition) is 5. The van der Waals surface area contributed by atoms with Gasteiger partial charge in [-0.15, -0.1) is 11.3 Å². The van der Waals surface area contributed by atoms with Gasteiger partial charge in [0.15, 0.2) is 0 Å². The highest BCUT2D eigenvalue weighted by molar-refractivity contribution is 7.91. The summed E-state index contributed by atoms with van der Waals surface area (Å²) in [6.07, 6.45) is 1.90. The summed E-state index contributed by atoms with van der Waals surface area (Å²) >= 11 is 1.12. The number of sulfonamides is 1. The lowest BCUT2D eigenvalue weighted by molar-refractivity contribution is -0.131. The molecule has 0 unspecified atom stereocenters. The summed E-state index contributed by atoms with van der Waals surface area (Å²) in [6.45, 7) is 1.98. The molecule has 6 nitrogen and oxygen atoms in total. The van der Waals surface area contributed by atoms with Crippen LogP contribution in [0.15, 0.2) is 38.3 Å². The van der Waals surface area contributed by atoms with E-state index in [9.17, 15) is 13.2 Å². The van der Waals surface area contributed by atoms with Crippen LogP contribution < -0.4 is 4.72 Å². The van der Waals surface area contributed by atoms with Gasteiger partial charge in [-0.3, -0.25) is 4.79 Å². The zero-order valence-corrected chi connectivity index (χ0v) is 14.3. The number of furan rings is 1. The predicted octanol–water partition coefficient (Wildman–Crippen LogP) is 2.12. The second-order valence-electron chi connectivity index (χ2n) is 5.52. The molecule has 3 rings (SSSR count). The van der Waals surface area contributed by atoms with Gasteiger partial charge in [-0.1, -0.05) is 6.07 Å². The van der Waals surface area contributed by atoms with Crippen molar-refractivity contribution in [2.45, 2.75) is 36.6 Å². The summed E-state index contributed by atoms with van der Waals surface area (Å²) in [4.78, 5) is 14.1. The van der Waals surface area contributed by atoms with Gasteiger partial charge >= 0.3 is 0 Å². The fourth-order valence-corrected chi connectivity index (χ4v) is 4.30. The summed E-state index contributed by atoms with van der Waals surface area (Å²) in [7, 11) is -3.62. The lowest BCUT2D eigenvalue weighted by atomic mass is 10.3. The maximum absolute atomic E-state index is 12.4. The topological polar surface area (TPSA) is 79.6 Å². The van der Waals surface area contributed by atoms with Crippen LogP contribution in [0.1, 0.15) is 24.4 Å². The zero-order valence-electron chi connectivity index (χ0n) is 12.7. The van der Waals surface area contributed by atoms with Crippen LogP contribution in [0.4, 0.5) is 0 Å². The molecule has 2 aromatic rings. The fourth-order valence-electron chi connectivity index (χ4n) is 2.29. The highest BCUT2D eigenvalue weighted by Gasteiger charge is 2.33. The van der Waals surface area contributed by atoms with Gasteiger partial charge in [0.05, 0.1) is 13.1 Å². The van der Waals surface area contributed by atoms with Crippen LogP contribution in [0.5, 0.6) is 0 Å². The number of thiophene rings is 1. The Balaban J connectivity index is 1.63. The van der Waals surface area contributed by atoms with Crippen molar-refractivity contribution >= 4 is 27.3 Å². The Hall–Kier alpha value is -1.64. The Labute approximate surface area is 139 Å². The molecule has 1 aliphatic carbocycles. The Morgan fingerprint density at radius 2 is 2.17 bits per heavy atom. The average Bonchev–Trinajstić information content (AvgIpc) is 3.01. The first-order valence-corrected chi connectivity index (χ1v) is 9.70. The van der Waals surface area contributed by atoms with Gasteiger partial charge in [-0.25, -0.2) is 13.1 Å². The predicted molar refractivity (Wildman–Crippen MR) is 86.5 cm³/mol. The monoisotopic (exact) mass is 354 g/mol. The minimum absolute atomic E-state index is 0.180. The van der Waals surface area contributed by atoms with Crippen molar-refractivity contribution in [2.24, 2.45) is 0 Å².